The third kappa shape index (κ3) is 4.71. The van der Waals surface area contributed by atoms with Crippen LogP contribution in [0.1, 0.15) is 29.9 Å². The van der Waals surface area contributed by atoms with Gasteiger partial charge in [-0.2, -0.15) is 4.98 Å². The van der Waals surface area contributed by atoms with E-state index >= 15 is 0 Å². The van der Waals surface area contributed by atoms with Crippen molar-refractivity contribution in [3.63, 3.8) is 0 Å². The molecule has 0 saturated carbocycles. The molecule has 0 bridgehead atoms. The summed E-state index contributed by atoms with van der Waals surface area (Å²) in [5.41, 5.74) is 3.84. The van der Waals surface area contributed by atoms with Gasteiger partial charge in [-0.3, -0.25) is 9.69 Å². The fourth-order valence-electron chi connectivity index (χ4n) is 3.71. The Morgan fingerprint density at radius 2 is 1.93 bits per heavy atom. The zero-order valence-corrected chi connectivity index (χ0v) is 17.9. The predicted molar refractivity (Wildman–Crippen MR) is 117 cm³/mol. The van der Waals surface area contributed by atoms with E-state index in [0.717, 1.165) is 48.3 Å². The number of amides is 1. The van der Waals surface area contributed by atoms with Crippen molar-refractivity contribution in [2.75, 3.05) is 18.4 Å². The van der Waals surface area contributed by atoms with E-state index < -0.39 is 0 Å². The molecule has 1 saturated heterocycles. The highest BCUT2D eigenvalue weighted by Gasteiger charge is 2.26. The molecule has 1 aliphatic heterocycles. The number of carbonyl (C=O) groups is 1. The molecule has 1 N–H and O–H groups in total. The fourth-order valence-corrected chi connectivity index (χ4v) is 3.89. The third-order valence-corrected chi connectivity index (χ3v) is 6.02. The van der Waals surface area contributed by atoms with Crippen molar-refractivity contribution < 1.29 is 9.32 Å². The summed E-state index contributed by atoms with van der Waals surface area (Å²) in [6.07, 6.45) is 1.59. The third-order valence-electron chi connectivity index (χ3n) is 5.61. The molecule has 156 valence electrons. The lowest BCUT2D eigenvalue weighted by atomic mass is 9.96. The van der Waals surface area contributed by atoms with Crippen molar-refractivity contribution in [1.82, 2.24) is 15.0 Å². The number of carbonyl (C=O) groups excluding carboxylic acids is 1. The monoisotopic (exact) mass is 424 g/mol. The van der Waals surface area contributed by atoms with Crippen molar-refractivity contribution in [3.05, 3.63) is 64.5 Å². The Labute approximate surface area is 181 Å². The molecule has 2 aromatic carbocycles. The molecule has 0 unspecified atom stereocenters. The van der Waals surface area contributed by atoms with E-state index in [1.807, 2.05) is 50.2 Å². The highest BCUT2D eigenvalue weighted by molar-refractivity contribution is 6.31. The Balaban J connectivity index is 1.30. The van der Waals surface area contributed by atoms with Crippen LogP contribution in [-0.4, -0.2) is 34.0 Å². The van der Waals surface area contributed by atoms with E-state index in [1.54, 1.807) is 6.07 Å². The number of likely N-dealkylation sites (tertiary alicyclic amines) is 1. The second-order valence-electron chi connectivity index (χ2n) is 7.83. The molecule has 1 aromatic heterocycles. The first-order valence-corrected chi connectivity index (χ1v) is 10.6. The minimum atomic E-state index is -0.00783. The minimum absolute atomic E-state index is 0.00783. The number of halogens is 1. The lowest BCUT2D eigenvalue weighted by Crippen LogP contribution is -2.37. The molecule has 0 radical (unpaired) electrons. The van der Waals surface area contributed by atoms with Crippen LogP contribution in [0.25, 0.3) is 11.4 Å². The molecule has 2 heterocycles. The molecule has 7 heteroatoms. The topological polar surface area (TPSA) is 71.3 Å². The molecule has 0 aliphatic carbocycles. The van der Waals surface area contributed by atoms with Gasteiger partial charge in [-0.25, -0.2) is 0 Å². The van der Waals surface area contributed by atoms with Gasteiger partial charge in [-0.1, -0.05) is 47.1 Å². The van der Waals surface area contributed by atoms with Gasteiger partial charge in [0.15, 0.2) is 0 Å². The molecule has 1 amide bonds. The molecule has 0 atom stereocenters. The Hall–Kier alpha value is -2.70. The summed E-state index contributed by atoms with van der Waals surface area (Å²) in [5.74, 6) is 1.26. The summed E-state index contributed by atoms with van der Waals surface area (Å²) in [6.45, 7) is 6.20. The van der Waals surface area contributed by atoms with E-state index in [9.17, 15) is 4.79 Å². The van der Waals surface area contributed by atoms with Crippen molar-refractivity contribution >= 4 is 23.2 Å². The maximum atomic E-state index is 12.6. The number of aryl methyl sites for hydroxylation is 2. The highest BCUT2D eigenvalue weighted by atomic mass is 35.5. The van der Waals surface area contributed by atoms with Crippen LogP contribution >= 0.6 is 11.6 Å². The van der Waals surface area contributed by atoms with Gasteiger partial charge in [-0.15, -0.1) is 0 Å². The predicted octanol–water partition coefficient (Wildman–Crippen LogP) is 4.86. The molecule has 30 heavy (non-hydrogen) atoms. The smallest absolute Gasteiger partial charge is 0.241 e. The SMILES string of the molecule is Cc1ccc(NC(=O)C2CCN(Cc3nc(-c4ccccc4C)no3)CC2)cc1Cl. The van der Waals surface area contributed by atoms with E-state index in [4.69, 9.17) is 16.1 Å². The lowest BCUT2D eigenvalue weighted by molar-refractivity contribution is -0.121. The van der Waals surface area contributed by atoms with Crippen LogP contribution in [0.4, 0.5) is 5.69 Å². The van der Waals surface area contributed by atoms with Crippen LogP contribution in [0.15, 0.2) is 47.0 Å². The molecule has 1 fully saturated rings. The largest absolute Gasteiger partial charge is 0.338 e. The first kappa shape index (κ1) is 20.6. The van der Waals surface area contributed by atoms with Crippen LogP contribution < -0.4 is 5.32 Å². The number of nitrogens with zero attached hydrogens (tertiary/aromatic N) is 3. The van der Waals surface area contributed by atoms with Crippen LogP contribution in [0.5, 0.6) is 0 Å². The molecule has 3 aromatic rings. The number of hydrogen-bond acceptors (Lipinski definition) is 5. The quantitative estimate of drug-likeness (QED) is 0.633. The van der Waals surface area contributed by atoms with Gasteiger partial charge < -0.3 is 9.84 Å². The fraction of sp³-hybridized carbons (Fsp3) is 0.348. The van der Waals surface area contributed by atoms with E-state index in [1.165, 1.54) is 0 Å². The molecular formula is C23H25ClN4O2. The standard InChI is InChI=1S/C23H25ClN4O2/c1-15-5-3-4-6-19(15)22-26-21(30-27-22)14-28-11-9-17(10-12-28)23(29)25-18-8-7-16(2)20(24)13-18/h3-8,13,17H,9-12,14H2,1-2H3,(H,25,29). The second-order valence-corrected chi connectivity index (χ2v) is 8.24. The van der Waals surface area contributed by atoms with Crippen molar-refractivity contribution in [1.29, 1.82) is 0 Å². The summed E-state index contributed by atoms with van der Waals surface area (Å²) in [4.78, 5) is 19.4. The summed E-state index contributed by atoms with van der Waals surface area (Å²) in [7, 11) is 0. The average Bonchev–Trinajstić information content (AvgIpc) is 3.20. The Morgan fingerprint density at radius 3 is 2.67 bits per heavy atom. The number of aromatic nitrogens is 2. The zero-order valence-electron chi connectivity index (χ0n) is 17.2. The summed E-state index contributed by atoms with van der Waals surface area (Å²) in [6, 6.07) is 13.6. The first-order chi connectivity index (χ1) is 14.5. The van der Waals surface area contributed by atoms with Gasteiger partial charge in [0, 0.05) is 22.2 Å². The normalized spacial score (nSPS) is 15.3. The van der Waals surface area contributed by atoms with Crippen LogP contribution in [0.3, 0.4) is 0 Å². The Morgan fingerprint density at radius 1 is 1.17 bits per heavy atom. The Kier molecular flexibility index (Phi) is 6.16. The highest BCUT2D eigenvalue weighted by Crippen LogP contribution is 2.24. The first-order valence-electron chi connectivity index (χ1n) is 10.2. The van der Waals surface area contributed by atoms with Gasteiger partial charge in [-0.05, 0) is 63.0 Å². The van der Waals surface area contributed by atoms with Gasteiger partial charge in [0.05, 0.1) is 6.54 Å². The number of hydrogen-bond donors (Lipinski definition) is 1. The zero-order chi connectivity index (χ0) is 21.1. The number of nitrogens with one attached hydrogen (secondary N) is 1. The van der Waals surface area contributed by atoms with Gasteiger partial charge in [0.25, 0.3) is 0 Å². The van der Waals surface area contributed by atoms with E-state index in [2.05, 4.69) is 20.4 Å². The summed E-state index contributed by atoms with van der Waals surface area (Å²) in [5, 5.41) is 7.78. The number of benzene rings is 2. The number of anilines is 1. The molecular weight excluding hydrogens is 400 g/mol. The van der Waals surface area contributed by atoms with Crippen molar-refractivity contribution in [3.8, 4) is 11.4 Å². The molecule has 0 spiro atoms. The molecule has 4 rings (SSSR count). The van der Waals surface area contributed by atoms with Gasteiger partial charge in [0.1, 0.15) is 0 Å². The van der Waals surface area contributed by atoms with Crippen molar-refractivity contribution in [2.24, 2.45) is 5.92 Å². The lowest BCUT2D eigenvalue weighted by Gasteiger charge is -2.30. The number of rotatable bonds is 5. The second kappa shape index (κ2) is 8.98. The maximum Gasteiger partial charge on any atom is 0.241 e. The average molecular weight is 425 g/mol. The van der Waals surface area contributed by atoms with Crippen molar-refractivity contribution in [2.45, 2.75) is 33.2 Å². The Bertz CT molecular complexity index is 1040. The molecule has 6 nitrogen and oxygen atoms in total. The van der Waals surface area contributed by atoms with Crippen LogP contribution in [0, 0.1) is 19.8 Å². The van der Waals surface area contributed by atoms with E-state index in [-0.39, 0.29) is 11.8 Å². The maximum absolute atomic E-state index is 12.6. The summed E-state index contributed by atoms with van der Waals surface area (Å²) >= 11 is 6.15. The number of piperidine rings is 1. The van der Waals surface area contributed by atoms with E-state index in [0.29, 0.717) is 23.3 Å². The van der Waals surface area contributed by atoms with Crippen LogP contribution in [-0.2, 0) is 11.3 Å². The van der Waals surface area contributed by atoms with Gasteiger partial charge >= 0.3 is 0 Å². The van der Waals surface area contributed by atoms with Crippen LogP contribution in [0.2, 0.25) is 5.02 Å². The van der Waals surface area contributed by atoms with Gasteiger partial charge in [0.2, 0.25) is 17.6 Å². The molecule has 1 aliphatic rings. The summed E-state index contributed by atoms with van der Waals surface area (Å²) < 4.78 is 5.46. The minimum Gasteiger partial charge on any atom is -0.338 e.